The summed E-state index contributed by atoms with van der Waals surface area (Å²) in [6.07, 6.45) is 0.630. The van der Waals surface area contributed by atoms with Gasteiger partial charge in [-0.2, -0.15) is 0 Å². The van der Waals surface area contributed by atoms with Crippen LogP contribution < -0.4 is 0 Å². The molecule has 0 aliphatic carbocycles. The Morgan fingerprint density at radius 1 is 1.07 bits per heavy atom. The third kappa shape index (κ3) is 3.41. The molecule has 142 valence electrons. The summed E-state index contributed by atoms with van der Waals surface area (Å²) in [6.45, 7) is 3.25. The fourth-order valence-corrected chi connectivity index (χ4v) is 4.04. The maximum absolute atomic E-state index is 13.7. The van der Waals surface area contributed by atoms with Crippen LogP contribution in [-0.4, -0.2) is 39.7 Å². The molecule has 1 N–H and O–H groups in total. The molecule has 2 heterocycles. The number of aliphatic hydroxyl groups excluding tert-OH is 1. The van der Waals surface area contributed by atoms with Gasteiger partial charge in [0, 0.05) is 41.3 Å². The van der Waals surface area contributed by atoms with Crippen LogP contribution in [0.4, 0.5) is 8.78 Å². The monoisotopic (exact) mass is 372 g/mol. The van der Waals surface area contributed by atoms with E-state index in [-0.39, 0.29) is 30.6 Å². The number of carbonyl (C=O) groups excluding carboxylic acids is 1. The van der Waals surface area contributed by atoms with Crippen molar-refractivity contribution in [3.8, 4) is 0 Å². The van der Waals surface area contributed by atoms with Crippen molar-refractivity contribution in [2.45, 2.75) is 32.4 Å². The predicted octanol–water partition coefficient (Wildman–Crippen LogP) is 3.69. The fourth-order valence-electron chi connectivity index (χ4n) is 4.04. The molecule has 1 aliphatic rings. The van der Waals surface area contributed by atoms with Crippen molar-refractivity contribution in [1.82, 2.24) is 9.47 Å². The van der Waals surface area contributed by atoms with E-state index < -0.39 is 6.10 Å². The Hall–Kier alpha value is -2.47. The van der Waals surface area contributed by atoms with Gasteiger partial charge in [-0.05, 0) is 48.7 Å². The Balaban J connectivity index is 1.67. The summed E-state index contributed by atoms with van der Waals surface area (Å²) in [5, 5.41) is 11.9. The van der Waals surface area contributed by atoms with E-state index in [1.807, 2.05) is 4.57 Å². The Morgan fingerprint density at radius 2 is 1.67 bits per heavy atom. The van der Waals surface area contributed by atoms with Gasteiger partial charge in [0.25, 0.3) is 0 Å². The molecule has 0 unspecified atom stereocenters. The number of nitrogens with zero attached hydrogens (tertiary/aromatic N) is 2. The van der Waals surface area contributed by atoms with Crippen molar-refractivity contribution in [2.24, 2.45) is 5.92 Å². The van der Waals surface area contributed by atoms with Crippen LogP contribution in [0.15, 0.2) is 36.4 Å². The molecule has 3 aromatic rings. The Labute approximate surface area is 156 Å². The highest BCUT2D eigenvalue weighted by molar-refractivity contribution is 6.08. The molecular weight excluding hydrogens is 350 g/mol. The van der Waals surface area contributed by atoms with Crippen LogP contribution in [-0.2, 0) is 11.3 Å². The van der Waals surface area contributed by atoms with E-state index in [9.17, 15) is 18.7 Å². The molecule has 27 heavy (non-hydrogen) atoms. The van der Waals surface area contributed by atoms with Gasteiger partial charge in [-0.25, -0.2) is 8.78 Å². The van der Waals surface area contributed by atoms with Crippen LogP contribution >= 0.6 is 0 Å². The first-order valence-electron chi connectivity index (χ1n) is 9.25. The molecule has 1 aliphatic heterocycles. The van der Waals surface area contributed by atoms with Crippen molar-refractivity contribution in [3.63, 3.8) is 0 Å². The first kappa shape index (κ1) is 17.9. The molecule has 4 nitrogen and oxygen atoms in total. The predicted molar refractivity (Wildman–Crippen MR) is 100 cm³/mol. The quantitative estimate of drug-likeness (QED) is 0.759. The Morgan fingerprint density at radius 3 is 2.26 bits per heavy atom. The summed E-state index contributed by atoms with van der Waals surface area (Å²) in [5.41, 5.74) is 1.46. The number of hydrogen-bond acceptors (Lipinski definition) is 2. The molecular formula is C21H22F2N2O2. The molecule has 2 atom stereocenters. The maximum Gasteiger partial charge on any atom is 0.222 e. The number of piperidine rings is 1. The molecule has 0 spiro atoms. The van der Waals surface area contributed by atoms with Crippen LogP contribution in [0, 0.1) is 17.6 Å². The molecule has 0 saturated carbocycles. The smallest absolute Gasteiger partial charge is 0.222 e. The lowest BCUT2D eigenvalue weighted by molar-refractivity contribution is -0.136. The minimum Gasteiger partial charge on any atom is -0.389 e. The van der Waals surface area contributed by atoms with E-state index >= 15 is 0 Å². The normalized spacial score (nSPS) is 19.2. The van der Waals surface area contributed by atoms with Crippen LogP contribution in [0.25, 0.3) is 21.8 Å². The van der Waals surface area contributed by atoms with Crippen molar-refractivity contribution in [2.75, 3.05) is 13.1 Å². The van der Waals surface area contributed by atoms with Crippen LogP contribution in [0.5, 0.6) is 0 Å². The lowest BCUT2D eigenvalue weighted by Crippen LogP contribution is -2.44. The number of rotatable bonds is 4. The van der Waals surface area contributed by atoms with E-state index in [2.05, 4.69) is 6.92 Å². The third-order valence-electron chi connectivity index (χ3n) is 5.35. The van der Waals surface area contributed by atoms with Gasteiger partial charge < -0.3 is 14.6 Å². The molecule has 1 aromatic heterocycles. The Kier molecular flexibility index (Phi) is 4.60. The molecule has 6 heteroatoms. The number of fused-ring (bicyclic) bond motifs is 3. The van der Waals surface area contributed by atoms with Crippen molar-refractivity contribution >= 4 is 27.7 Å². The van der Waals surface area contributed by atoms with E-state index in [1.165, 1.54) is 24.3 Å². The molecule has 4 rings (SSSR count). The van der Waals surface area contributed by atoms with Gasteiger partial charge in [0.15, 0.2) is 0 Å². The van der Waals surface area contributed by atoms with Crippen molar-refractivity contribution < 1.29 is 18.7 Å². The molecule has 1 fully saturated rings. The molecule has 1 amide bonds. The van der Waals surface area contributed by atoms with Crippen LogP contribution in [0.1, 0.15) is 19.8 Å². The number of amides is 1. The molecule has 0 radical (unpaired) electrons. The summed E-state index contributed by atoms with van der Waals surface area (Å²) >= 11 is 0. The number of carbonyl (C=O) groups is 1. The summed E-state index contributed by atoms with van der Waals surface area (Å²) in [7, 11) is 0. The van der Waals surface area contributed by atoms with E-state index in [1.54, 1.807) is 17.0 Å². The number of β-amino-alcohol motifs (C(OH)–C–C–N with tert-alkyl or cyclic N) is 1. The minimum atomic E-state index is -0.770. The number of aliphatic hydroxyl groups is 1. The van der Waals surface area contributed by atoms with Gasteiger partial charge in [0.1, 0.15) is 11.6 Å². The van der Waals surface area contributed by atoms with Crippen LogP contribution in [0.2, 0.25) is 0 Å². The van der Waals surface area contributed by atoms with Gasteiger partial charge >= 0.3 is 0 Å². The average molecular weight is 372 g/mol. The highest BCUT2D eigenvalue weighted by atomic mass is 19.1. The number of likely N-dealkylation sites (tertiary alicyclic amines) is 1. The van der Waals surface area contributed by atoms with Crippen molar-refractivity contribution in [1.29, 1.82) is 0 Å². The standard InChI is InChI=1S/C21H22F2N2O2/c1-13-2-7-21(27)24(10-13)11-16(26)12-25-19-5-3-14(22)8-17(19)18-9-15(23)4-6-20(18)25/h3-6,8-9,13,16,26H,2,7,10-12H2,1H3/t13-,16-/m1/s1. The van der Waals surface area contributed by atoms with Gasteiger partial charge in [-0.15, -0.1) is 0 Å². The summed E-state index contributed by atoms with van der Waals surface area (Å²) < 4.78 is 29.3. The number of halogens is 2. The Bertz CT molecular complexity index is 955. The highest BCUT2D eigenvalue weighted by Crippen LogP contribution is 2.30. The second-order valence-corrected chi connectivity index (χ2v) is 7.53. The number of aromatic nitrogens is 1. The zero-order valence-corrected chi connectivity index (χ0v) is 15.2. The number of hydrogen-bond donors (Lipinski definition) is 1. The van der Waals surface area contributed by atoms with Gasteiger partial charge in [0.05, 0.1) is 12.6 Å². The first-order chi connectivity index (χ1) is 12.9. The second-order valence-electron chi connectivity index (χ2n) is 7.53. The largest absolute Gasteiger partial charge is 0.389 e. The van der Waals surface area contributed by atoms with Gasteiger partial charge in [0.2, 0.25) is 5.91 Å². The maximum atomic E-state index is 13.7. The first-order valence-corrected chi connectivity index (χ1v) is 9.25. The second kappa shape index (κ2) is 6.93. The molecule has 2 aromatic carbocycles. The number of benzene rings is 2. The van der Waals surface area contributed by atoms with E-state index in [4.69, 9.17) is 0 Å². The van der Waals surface area contributed by atoms with E-state index in [0.717, 1.165) is 17.5 Å². The van der Waals surface area contributed by atoms with Crippen molar-refractivity contribution in [3.05, 3.63) is 48.0 Å². The average Bonchev–Trinajstić information content (AvgIpc) is 2.90. The topological polar surface area (TPSA) is 45.5 Å². The van der Waals surface area contributed by atoms with Crippen LogP contribution in [0.3, 0.4) is 0 Å². The zero-order valence-electron chi connectivity index (χ0n) is 15.2. The zero-order chi connectivity index (χ0) is 19.1. The SMILES string of the molecule is C[C@@H]1CCC(=O)N(C[C@@H](O)Cn2c3ccc(F)cc3c3cc(F)ccc32)C1. The lowest BCUT2D eigenvalue weighted by Gasteiger charge is -2.32. The summed E-state index contributed by atoms with van der Waals surface area (Å²) in [6, 6.07) is 8.77. The van der Waals surface area contributed by atoms with Gasteiger partial charge in [-0.1, -0.05) is 6.92 Å². The molecule has 0 bridgehead atoms. The molecule has 1 saturated heterocycles. The lowest BCUT2D eigenvalue weighted by atomic mass is 9.99. The van der Waals surface area contributed by atoms with Gasteiger partial charge in [-0.3, -0.25) is 4.79 Å². The third-order valence-corrected chi connectivity index (χ3v) is 5.35. The summed E-state index contributed by atoms with van der Waals surface area (Å²) in [5.74, 6) is -0.286. The summed E-state index contributed by atoms with van der Waals surface area (Å²) in [4.78, 5) is 13.8. The van der Waals surface area contributed by atoms with E-state index in [0.29, 0.717) is 29.7 Å². The fraction of sp³-hybridized carbons (Fsp3) is 0.381. The minimum absolute atomic E-state index is 0.0681. The highest BCUT2D eigenvalue weighted by Gasteiger charge is 2.25.